The minimum atomic E-state index is -4.96. The normalized spacial score (nSPS) is 14.0. The maximum Gasteiger partial charge on any atom is 0.472 e. The lowest BCUT2D eigenvalue weighted by Crippen LogP contribution is -2.30. The third-order valence-electron chi connectivity index (χ3n) is 17.7. The quantitative estimate of drug-likeness (QED) is 0.0222. The van der Waals surface area contributed by atoms with Crippen molar-refractivity contribution in [3.63, 3.8) is 0 Å². The lowest BCUT2D eigenvalue weighted by molar-refractivity contribution is -0.161. The van der Waals surface area contributed by atoms with Crippen LogP contribution in [0.4, 0.5) is 0 Å². The number of phosphoric ester groups is 2. The average Bonchev–Trinajstić information content (AvgIpc) is 1.37. The molecule has 95 heavy (non-hydrogen) atoms. The predicted molar refractivity (Wildman–Crippen MR) is 386 cm³/mol. The van der Waals surface area contributed by atoms with Gasteiger partial charge in [0.25, 0.3) is 0 Å². The molecule has 0 aromatic heterocycles. The van der Waals surface area contributed by atoms with Gasteiger partial charge in [0.1, 0.15) is 19.3 Å². The zero-order valence-electron chi connectivity index (χ0n) is 62.0. The number of aliphatic hydroxyl groups excluding tert-OH is 1. The second-order valence-electron chi connectivity index (χ2n) is 28.3. The van der Waals surface area contributed by atoms with Gasteiger partial charge < -0.3 is 33.8 Å². The van der Waals surface area contributed by atoms with Gasteiger partial charge in [-0.3, -0.25) is 37.3 Å². The Kier molecular flexibility index (Phi) is 66.5. The van der Waals surface area contributed by atoms with E-state index in [1.807, 2.05) is 0 Å². The lowest BCUT2D eigenvalue weighted by atomic mass is 10.0. The Bertz CT molecular complexity index is 1840. The largest absolute Gasteiger partial charge is 0.472 e. The van der Waals surface area contributed by atoms with Gasteiger partial charge in [0.15, 0.2) is 12.2 Å². The summed E-state index contributed by atoms with van der Waals surface area (Å²) in [6.07, 6.45) is 55.3. The van der Waals surface area contributed by atoms with E-state index in [4.69, 9.17) is 37.0 Å². The molecule has 0 saturated heterocycles. The van der Waals surface area contributed by atoms with Crippen LogP contribution in [0.25, 0.3) is 0 Å². The highest BCUT2D eigenvalue weighted by Crippen LogP contribution is 2.45. The molecule has 0 heterocycles. The zero-order chi connectivity index (χ0) is 70.0. The second-order valence-corrected chi connectivity index (χ2v) is 31.3. The summed E-state index contributed by atoms with van der Waals surface area (Å²) in [6.45, 7) is 9.60. The summed E-state index contributed by atoms with van der Waals surface area (Å²) < 4.78 is 68.6. The van der Waals surface area contributed by atoms with Crippen molar-refractivity contribution in [3.8, 4) is 0 Å². The molecule has 564 valence electrons. The minimum absolute atomic E-state index is 0.107. The molecule has 2 unspecified atom stereocenters. The number of phosphoric acid groups is 2. The smallest absolute Gasteiger partial charge is 0.462 e. The van der Waals surface area contributed by atoms with Crippen molar-refractivity contribution in [2.45, 2.75) is 413 Å². The number of hydrogen-bond donors (Lipinski definition) is 3. The van der Waals surface area contributed by atoms with Crippen molar-refractivity contribution >= 4 is 39.5 Å². The molecule has 0 amide bonds. The number of rotatable bonds is 75. The van der Waals surface area contributed by atoms with Gasteiger partial charge in [-0.15, -0.1) is 0 Å². The summed E-state index contributed by atoms with van der Waals surface area (Å²) in [5, 5.41) is 10.6. The Morgan fingerprint density at radius 1 is 0.284 bits per heavy atom. The molecule has 0 aliphatic heterocycles. The first-order chi connectivity index (χ1) is 45.9. The van der Waals surface area contributed by atoms with Crippen LogP contribution in [-0.2, 0) is 65.4 Å². The van der Waals surface area contributed by atoms with Crippen LogP contribution in [0.3, 0.4) is 0 Å². The van der Waals surface area contributed by atoms with Crippen LogP contribution in [0.15, 0.2) is 0 Å². The topological polar surface area (TPSA) is 237 Å². The SMILES string of the molecule is CCCCCCCCCCCCCCCCCC(=O)OC[C@H](COP(=O)(O)OC[C@@H](O)COP(=O)(O)OC[C@@H](COC(=O)CCCCCCCCCCCC(C)C)OC(=O)CCCCCCCCCCCCCCC)OC(=O)CCCCCCCCCCCCCCC(C)C. The highest BCUT2D eigenvalue weighted by atomic mass is 31.2. The molecule has 17 nitrogen and oxygen atoms in total. The minimum Gasteiger partial charge on any atom is -0.462 e. The van der Waals surface area contributed by atoms with E-state index in [0.717, 1.165) is 102 Å². The fourth-order valence-electron chi connectivity index (χ4n) is 11.7. The van der Waals surface area contributed by atoms with E-state index >= 15 is 0 Å². The maximum absolute atomic E-state index is 13.1. The van der Waals surface area contributed by atoms with Crippen molar-refractivity contribution in [1.29, 1.82) is 0 Å². The number of carbonyl (C=O) groups excluding carboxylic acids is 4. The molecule has 0 fully saturated rings. The molecule has 0 saturated carbocycles. The zero-order valence-corrected chi connectivity index (χ0v) is 63.8. The van der Waals surface area contributed by atoms with Crippen LogP contribution < -0.4 is 0 Å². The monoisotopic (exact) mass is 1400 g/mol. The average molecular weight is 1400 g/mol. The van der Waals surface area contributed by atoms with E-state index in [1.54, 1.807) is 0 Å². The molecule has 0 aromatic carbocycles. The van der Waals surface area contributed by atoms with E-state index < -0.39 is 97.5 Å². The van der Waals surface area contributed by atoms with E-state index in [9.17, 15) is 43.2 Å². The van der Waals surface area contributed by atoms with Gasteiger partial charge >= 0.3 is 39.5 Å². The standard InChI is InChI=1S/C76H148O17P2/c1-7-9-11-13-15-17-19-21-22-24-28-34-40-46-52-58-73(78)86-64-71(92-76(81)61-55-49-43-36-30-26-25-27-32-38-44-50-56-68(3)4)66-90-94(82,83)88-62-70(77)63-89-95(84,85)91-67-72(65-87-74(79)59-53-47-41-37-31-33-39-45-51-57-69(5)6)93-75(80)60-54-48-42-35-29-23-20-18-16-14-12-10-8-2/h68-72,77H,7-67H2,1-6H3,(H,82,83)(H,84,85)/t70-,71-,72-/m1/s1. The summed E-state index contributed by atoms with van der Waals surface area (Å²) in [5.74, 6) is -0.592. The summed E-state index contributed by atoms with van der Waals surface area (Å²) in [4.78, 5) is 72.9. The van der Waals surface area contributed by atoms with Crippen molar-refractivity contribution in [3.05, 3.63) is 0 Å². The molecule has 0 spiro atoms. The predicted octanol–water partition coefficient (Wildman–Crippen LogP) is 22.3. The molecular formula is C76H148O17P2. The Labute approximate surface area is 581 Å². The first kappa shape index (κ1) is 93.1. The van der Waals surface area contributed by atoms with Crippen molar-refractivity contribution in [1.82, 2.24) is 0 Å². The molecule has 0 aliphatic rings. The highest BCUT2D eigenvalue weighted by Gasteiger charge is 2.30. The van der Waals surface area contributed by atoms with E-state index in [-0.39, 0.29) is 25.7 Å². The molecule has 0 aliphatic carbocycles. The van der Waals surface area contributed by atoms with E-state index in [1.165, 1.54) is 212 Å². The van der Waals surface area contributed by atoms with Crippen molar-refractivity contribution in [2.24, 2.45) is 11.8 Å². The molecular weight excluding hydrogens is 1250 g/mol. The molecule has 0 radical (unpaired) electrons. The Hall–Kier alpha value is -1.94. The number of hydrogen-bond acceptors (Lipinski definition) is 15. The molecule has 19 heteroatoms. The van der Waals surface area contributed by atoms with E-state index in [0.29, 0.717) is 25.7 Å². The third kappa shape index (κ3) is 70.3. The van der Waals surface area contributed by atoms with Gasteiger partial charge in [0.05, 0.1) is 26.4 Å². The molecule has 0 bridgehead atoms. The second kappa shape index (κ2) is 67.9. The van der Waals surface area contributed by atoms with Crippen LogP contribution >= 0.6 is 15.6 Å². The molecule has 3 N–H and O–H groups in total. The van der Waals surface area contributed by atoms with Crippen molar-refractivity contribution in [2.75, 3.05) is 39.6 Å². The summed E-state index contributed by atoms with van der Waals surface area (Å²) in [5.41, 5.74) is 0. The van der Waals surface area contributed by atoms with E-state index in [2.05, 4.69) is 41.5 Å². The van der Waals surface area contributed by atoms with Crippen LogP contribution in [0.5, 0.6) is 0 Å². The van der Waals surface area contributed by atoms with Crippen LogP contribution in [0.1, 0.15) is 395 Å². The van der Waals surface area contributed by atoms with Gasteiger partial charge in [0.2, 0.25) is 0 Å². The highest BCUT2D eigenvalue weighted by molar-refractivity contribution is 7.47. The van der Waals surface area contributed by atoms with Crippen LogP contribution in [-0.4, -0.2) is 96.7 Å². The summed E-state index contributed by atoms with van der Waals surface area (Å²) >= 11 is 0. The van der Waals surface area contributed by atoms with Crippen molar-refractivity contribution < 1.29 is 80.2 Å². The number of ether oxygens (including phenoxy) is 4. The Morgan fingerprint density at radius 2 is 0.484 bits per heavy atom. The summed E-state index contributed by atoms with van der Waals surface area (Å²) in [7, 11) is -9.91. The summed E-state index contributed by atoms with van der Waals surface area (Å²) in [6, 6.07) is 0. The fourth-order valence-corrected chi connectivity index (χ4v) is 13.2. The van der Waals surface area contributed by atoms with Gasteiger partial charge in [-0.05, 0) is 37.5 Å². The number of unbranched alkanes of at least 4 members (excludes halogenated alkanes) is 45. The van der Waals surface area contributed by atoms with Gasteiger partial charge in [-0.2, -0.15) is 0 Å². The number of esters is 4. The fraction of sp³-hybridized carbons (Fsp3) is 0.947. The molecule has 0 rings (SSSR count). The molecule has 5 atom stereocenters. The first-order valence-electron chi connectivity index (χ1n) is 39.5. The number of carbonyl (C=O) groups is 4. The Balaban J connectivity index is 5.26. The van der Waals surface area contributed by atoms with Crippen LogP contribution in [0.2, 0.25) is 0 Å². The first-order valence-corrected chi connectivity index (χ1v) is 42.5. The maximum atomic E-state index is 13.1. The van der Waals surface area contributed by atoms with Gasteiger partial charge in [0, 0.05) is 25.7 Å². The third-order valence-corrected chi connectivity index (χ3v) is 19.6. The Morgan fingerprint density at radius 3 is 0.716 bits per heavy atom. The van der Waals surface area contributed by atoms with Gasteiger partial charge in [-0.1, -0.05) is 343 Å². The lowest BCUT2D eigenvalue weighted by Gasteiger charge is -2.21. The number of aliphatic hydroxyl groups is 1. The molecule has 0 aromatic rings. The van der Waals surface area contributed by atoms with Gasteiger partial charge in [-0.25, -0.2) is 9.13 Å². The van der Waals surface area contributed by atoms with Crippen LogP contribution in [0, 0.1) is 11.8 Å².